The Kier molecular flexibility index (Phi) is 6.19. The summed E-state index contributed by atoms with van der Waals surface area (Å²) in [5.74, 6) is 1.84. The summed E-state index contributed by atoms with van der Waals surface area (Å²) in [4.78, 5) is 17.4. The van der Waals surface area contributed by atoms with Crippen molar-refractivity contribution in [2.75, 3.05) is 44.2 Å². The topological polar surface area (TPSA) is 69.6 Å². The lowest BCUT2D eigenvalue weighted by Crippen LogP contribution is -2.49. The van der Waals surface area contributed by atoms with E-state index in [0.717, 1.165) is 59.7 Å². The second-order valence-electron chi connectivity index (χ2n) is 9.52. The minimum Gasteiger partial charge on any atom is -0.353 e. The monoisotopic (exact) mass is 521 g/mol. The highest BCUT2D eigenvalue weighted by Gasteiger charge is 2.31. The van der Waals surface area contributed by atoms with E-state index in [-0.39, 0.29) is 0 Å². The molecule has 36 heavy (non-hydrogen) atoms. The number of rotatable bonds is 5. The van der Waals surface area contributed by atoms with E-state index in [9.17, 15) is 8.42 Å². The Morgan fingerprint density at radius 2 is 1.72 bits per heavy atom. The summed E-state index contributed by atoms with van der Waals surface area (Å²) < 4.78 is 28.6. The maximum Gasteiger partial charge on any atom is 0.243 e. The number of aryl methyl sites for hydroxylation is 1. The lowest BCUT2D eigenvalue weighted by molar-refractivity contribution is 0.272. The number of sulfonamides is 1. The molecule has 6 rings (SSSR count). The van der Waals surface area contributed by atoms with E-state index in [1.807, 2.05) is 30.3 Å². The van der Waals surface area contributed by atoms with Crippen molar-refractivity contribution >= 4 is 48.2 Å². The molecule has 0 amide bonds. The molecule has 0 radical (unpaired) electrons. The summed E-state index contributed by atoms with van der Waals surface area (Å²) in [5, 5.41) is 3.17. The van der Waals surface area contributed by atoms with Crippen molar-refractivity contribution in [2.24, 2.45) is 0 Å². The van der Waals surface area contributed by atoms with Crippen LogP contribution < -0.4 is 4.90 Å². The minimum absolute atomic E-state index is 0.361. The number of hydrogen-bond donors (Lipinski definition) is 0. The summed E-state index contributed by atoms with van der Waals surface area (Å²) in [7, 11) is -3.56. The fraction of sp³-hybridized carbons (Fsp3) is 0.407. The average molecular weight is 522 g/mol. The lowest BCUT2D eigenvalue weighted by atomic mass is 10.0. The van der Waals surface area contributed by atoms with E-state index in [1.165, 1.54) is 15.8 Å². The molecule has 2 aromatic heterocycles. The highest BCUT2D eigenvalue weighted by Crippen LogP contribution is 2.39. The first-order valence-electron chi connectivity index (χ1n) is 12.8. The Hall–Kier alpha value is -2.59. The number of fused-ring (bicyclic) bond motifs is 4. The SMILES string of the molecule is CCc1nc(N2CCN(S(=O)(=O)c3ccc4ccccc4c3)CC2)c2c3c(sc2n1)CN(CC)CC3. The molecule has 4 heterocycles. The average Bonchev–Trinajstić information content (AvgIpc) is 3.29. The van der Waals surface area contributed by atoms with Crippen LogP contribution in [0, 0.1) is 0 Å². The first-order valence-corrected chi connectivity index (χ1v) is 15.0. The van der Waals surface area contributed by atoms with Gasteiger partial charge in [-0.05, 0) is 41.4 Å². The fourth-order valence-electron chi connectivity index (χ4n) is 5.35. The van der Waals surface area contributed by atoms with Gasteiger partial charge in [-0.1, -0.05) is 44.2 Å². The Morgan fingerprint density at radius 1 is 0.944 bits per heavy atom. The van der Waals surface area contributed by atoms with Gasteiger partial charge in [0.1, 0.15) is 16.5 Å². The molecule has 2 aliphatic rings. The van der Waals surface area contributed by atoms with E-state index in [0.29, 0.717) is 31.1 Å². The van der Waals surface area contributed by atoms with Gasteiger partial charge in [-0.3, -0.25) is 4.90 Å². The number of aromatic nitrogens is 2. The van der Waals surface area contributed by atoms with Crippen molar-refractivity contribution in [3.05, 3.63) is 58.7 Å². The fourth-order valence-corrected chi connectivity index (χ4v) is 8.08. The lowest BCUT2D eigenvalue weighted by Gasteiger charge is -2.35. The zero-order valence-corrected chi connectivity index (χ0v) is 22.4. The number of benzene rings is 2. The van der Waals surface area contributed by atoms with Crippen molar-refractivity contribution in [1.82, 2.24) is 19.2 Å². The minimum atomic E-state index is -3.56. The molecular weight excluding hydrogens is 490 g/mol. The van der Waals surface area contributed by atoms with E-state index in [4.69, 9.17) is 9.97 Å². The van der Waals surface area contributed by atoms with Gasteiger partial charge in [0.15, 0.2) is 0 Å². The molecule has 4 aromatic rings. The van der Waals surface area contributed by atoms with Gasteiger partial charge in [0.2, 0.25) is 10.0 Å². The van der Waals surface area contributed by atoms with Gasteiger partial charge in [0.05, 0.1) is 10.3 Å². The summed E-state index contributed by atoms with van der Waals surface area (Å²) in [5.41, 5.74) is 1.39. The van der Waals surface area contributed by atoms with Crippen molar-refractivity contribution in [1.29, 1.82) is 0 Å². The molecule has 2 aromatic carbocycles. The first kappa shape index (κ1) is 23.8. The number of nitrogens with zero attached hydrogens (tertiary/aromatic N) is 5. The quantitative estimate of drug-likeness (QED) is 0.390. The maximum atomic E-state index is 13.5. The van der Waals surface area contributed by atoms with E-state index >= 15 is 0 Å². The molecule has 7 nitrogen and oxygen atoms in total. The molecule has 0 spiro atoms. The van der Waals surface area contributed by atoms with Crippen molar-refractivity contribution in [3.63, 3.8) is 0 Å². The summed E-state index contributed by atoms with van der Waals surface area (Å²) in [6.07, 6.45) is 1.80. The molecule has 188 valence electrons. The van der Waals surface area contributed by atoms with Gasteiger partial charge < -0.3 is 4.90 Å². The zero-order chi connectivity index (χ0) is 24.9. The molecule has 0 aliphatic carbocycles. The number of hydrogen-bond acceptors (Lipinski definition) is 7. The summed E-state index contributed by atoms with van der Waals surface area (Å²) in [6, 6.07) is 13.3. The molecule has 0 atom stereocenters. The summed E-state index contributed by atoms with van der Waals surface area (Å²) in [6.45, 7) is 9.51. The molecule has 9 heteroatoms. The predicted octanol–water partition coefficient (Wildman–Crippen LogP) is 4.30. The van der Waals surface area contributed by atoms with Gasteiger partial charge in [-0.2, -0.15) is 4.31 Å². The Bertz CT molecular complexity index is 1540. The smallest absolute Gasteiger partial charge is 0.243 e. The molecule has 1 saturated heterocycles. The zero-order valence-electron chi connectivity index (χ0n) is 20.8. The van der Waals surface area contributed by atoms with Gasteiger partial charge >= 0.3 is 0 Å². The van der Waals surface area contributed by atoms with E-state index in [2.05, 4.69) is 23.6 Å². The highest BCUT2D eigenvalue weighted by atomic mass is 32.2. The van der Waals surface area contributed by atoms with Crippen LogP contribution in [-0.4, -0.2) is 66.9 Å². The highest BCUT2D eigenvalue weighted by molar-refractivity contribution is 7.89. The van der Waals surface area contributed by atoms with Crippen LogP contribution in [0.4, 0.5) is 5.82 Å². The summed E-state index contributed by atoms with van der Waals surface area (Å²) >= 11 is 1.80. The van der Waals surface area contributed by atoms with Crippen LogP contribution in [0.2, 0.25) is 0 Å². The largest absolute Gasteiger partial charge is 0.353 e. The van der Waals surface area contributed by atoms with Gasteiger partial charge in [0.25, 0.3) is 0 Å². The van der Waals surface area contributed by atoms with Crippen LogP contribution in [0.3, 0.4) is 0 Å². The van der Waals surface area contributed by atoms with Crippen LogP contribution in [0.1, 0.15) is 30.1 Å². The van der Waals surface area contributed by atoms with Crippen LogP contribution in [-0.2, 0) is 29.4 Å². The molecule has 2 aliphatic heterocycles. The molecule has 0 N–H and O–H groups in total. The van der Waals surface area contributed by atoms with Crippen molar-refractivity contribution in [2.45, 2.75) is 38.1 Å². The van der Waals surface area contributed by atoms with E-state index in [1.54, 1.807) is 27.8 Å². The predicted molar refractivity (Wildman–Crippen MR) is 146 cm³/mol. The third kappa shape index (κ3) is 4.08. The molecule has 0 unspecified atom stereocenters. The van der Waals surface area contributed by atoms with Crippen LogP contribution >= 0.6 is 11.3 Å². The number of likely N-dealkylation sites (N-methyl/N-ethyl adjacent to an activating group) is 1. The number of piperazine rings is 1. The molecular formula is C27H31N5O2S2. The van der Waals surface area contributed by atoms with Crippen LogP contribution in [0.5, 0.6) is 0 Å². The van der Waals surface area contributed by atoms with E-state index < -0.39 is 10.0 Å². The van der Waals surface area contributed by atoms with Crippen LogP contribution in [0.15, 0.2) is 47.4 Å². The second-order valence-corrected chi connectivity index (χ2v) is 12.5. The Morgan fingerprint density at radius 3 is 2.47 bits per heavy atom. The standard InChI is InChI=1S/C27H31N5O2S2/c1-3-24-28-26(25-22-11-12-30(4-2)18-23(22)35-27(25)29-24)31-13-15-32(16-14-31)36(33,34)21-10-9-19-7-5-6-8-20(19)17-21/h5-10,17H,3-4,11-16,18H2,1-2H3. The second kappa shape index (κ2) is 9.37. The van der Waals surface area contributed by atoms with Crippen molar-refractivity contribution in [3.8, 4) is 0 Å². The number of thiophene rings is 1. The molecule has 0 saturated carbocycles. The normalized spacial score (nSPS) is 17.7. The number of anilines is 1. The van der Waals surface area contributed by atoms with Crippen molar-refractivity contribution < 1.29 is 8.42 Å². The molecule has 1 fully saturated rings. The Labute approximate surface area is 216 Å². The molecule has 0 bridgehead atoms. The van der Waals surface area contributed by atoms with Gasteiger partial charge in [-0.15, -0.1) is 11.3 Å². The first-order chi connectivity index (χ1) is 17.5. The maximum absolute atomic E-state index is 13.5. The Balaban J connectivity index is 1.28. The third-order valence-corrected chi connectivity index (χ3v) is 10.5. The van der Waals surface area contributed by atoms with Gasteiger partial charge in [0, 0.05) is 50.6 Å². The van der Waals surface area contributed by atoms with Gasteiger partial charge in [-0.25, -0.2) is 18.4 Å². The van der Waals surface area contributed by atoms with Crippen LogP contribution in [0.25, 0.3) is 21.0 Å². The third-order valence-electron chi connectivity index (χ3n) is 7.47.